The topological polar surface area (TPSA) is 30.5 Å². The number of benzene rings is 1. The minimum Gasteiger partial charge on any atom is -0.486 e. The predicted molar refractivity (Wildman–Crippen MR) is 80.7 cm³/mol. The standard InChI is InChI=1S/C17H25NO2/c1-3-8-18-12-17(7-6-13(17)2)14-4-5-15-16(11-14)20-10-9-19-15/h4-5,11,13,18H,3,6-10,12H2,1-2H3. The van der Waals surface area contributed by atoms with Crippen LogP contribution in [0.25, 0.3) is 0 Å². The Bertz CT molecular complexity index is 474. The second kappa shape index (κ2) is 5.65. The van der Waals surface area contributed by atoms with Gasteiger partial charge in [-0.15, -0.1) is 0 Å². The highest BCUT2D eigenvalue weighted by Crippen LogP contribution is 2.49. The van der Waals surface area contributed by atoms with Crippen molar-refractivity contribution in [2.45, 2.75) is 38.5 Å². The summed E-state index contributed by atoms with van der Waals surface area (Å²) >= 11 is 0. The Balaban J connectivity index is 1.84. The zero-order valence-corrected chi connectivity index (χ0v) is 12.6. The highest BCUT2D eigenvalue weighted by Gasteiger charge is 2.45. The molecule has 20 heavy (non-hydrogen) atoms. The van der Waals surface area contributed by atoms with Crippen LogP contribution in [0.2, 0.25) is 0 Å². The van der Waals surface area contributed by atoms with Gasteiger partial charge in [0.15, 0.2) is 11.5 Å². The fourth-order valence-corrected chi connectivity index (χ4v) is 3.42. The summed E-state index contributed by atoms with van der Waals surface area (Å²) < 4.78 is 11.4. The maximum atomic E-state index is 5.74. The molecule has 0 bridgehead atoms. The third kappa shape index (κ3) is 2.28. The molecule has 1 aliphatic heterocycles. The Labute approximate surface area is 121 Å². The summed E-state index contributed by atoms with van der Waals surface area (Å²) in [5.41, 5.74) is 1.69. The summed E-state index contributed by atoms with van der Waals surface area (Å²) in [6.07, 6.45) is 3.78. The molecule has 0 saturated heterocycles. The average molecular weight is 275 g/mol. The average Bonchev–Trinajstić information content (AvgIpc) is 2.49. The number of rotatable bonds is 5. The summed E-state index contributed by atoms with van der Waals surface area (Å²) in [5, 5.41) is 3.61. The van der Waals surface area contributed by atoms with Crippen molar-refractivity contribution in [3.05, 3.63) is 23.8 Å². The number of hydrogen-bond donors (Lipinski definition) is 1. The molecule has 1 N–H and O–H groups in total. The van der Waals surface area contributed by atoms with Crippen LogP contribution in [-0.2, 0) is 5.41 Å². The highest BCUT2D eigenvalue weighted by atomic mass is 16.6. The molecule has 0 aromatic heterocycles. The third-order valence-electron chi connectivity index (χ3n) is 4.95. The van der Waals surface area contributed by atoms with Crippen LogP contribution in [0.4, 0.5) is 0 Å². The molecule has 1 saturated carbocycles. The van der Waals surface area contributed by atoms with E-state index < -0.39 is 0 Å². The molecule has 3 rings (SSSR count). The Morgan fingerprint density at radius 1 is 1.25 bits per heavy atom. The van der Waals surface area contributed by atoms with Crippen molar-refractivity contribution in [1.82, 2.24) is 5.32 Å². The second-order valence-electron chi connectivity index (χ2n) is 6.13. The van der Waals surface area contributed by atoms with Gasteiger partial charge in [0.1, 0.15) is 13.2 Å². The van der Waals surface area contributed by atoms with Crippen molar-refractivity contribution in [2.75, 3.05) is 26.3 Å². The summed E-state index contributed by atoms with van der Waals surface area (Å²) in [7, 11) is 0. The number of hydrogen-bond acceptors (Lipinski definition) is 3. The van der Waals surface area contributed by atoms with Gasteiger partial charge in [0.2, 0.25) is 0 Å². The predicted octanol–water partition coefficient (Wildman–Crippen LogP) is 3.13. The van der Waals surface area contributed by atoms with Crippen LogP contribution >= 0.6 is 0 Å². The summed E-state index contributed by atoms with van der Waals surface area (Å²) in [4.78, 5) is 0. The molecule has 3 nitrogen and oxygen atoms in total. The molecule has 2 aliphatic rings. The SMILES string of the molecule is CCCNCC1(c2ccc3c(c2)OCCO3)CCC1C. The lowest BCUT2D eigenvalue weighted by molar-refractivity contribution is 0.132. The van der Waals surface area contributed by atoms with Crippen LogP contribution in [-0.4, -0.2) is 26.3 Å². The maximum absolute atomic E-state index is 5.74. The molecule has 1 aromatic carbocycles. The van der Waals surface area contributed by atoms with E-state index in [4.69, 9.17) is 9.47 Å². The van der Waals surface area contributed by atoms with Crippen molar-refractivity contribution in [1.29, 1.82) is 0 Å². The third-order valence-corrected chi connectivity index (χ3v) is 4.95. The normalized spacial score (nSPS) is 28.0. The van der Waals surface area contributed by atoms with Gasteiger partial charge in [-0.3, -0.25) is 0 Å². The molecule has 110 valence electrons. The summed E-state index contributed by atoms with van der Waals surface area (Å²) in [6.45, 7) is 8.07. The number of fused-ring (bicyclic) bond motifs is 1. The fraction of sp³-hybridized carbons (Fsp3) is 0.647. The van der Waals surface area contributed by atoms with Crippen LogP contribution in [0.15, 0.2) is 18.2 Å². The van der Waals surface area contributed by atoms with E-state index >= 15 is 0 Å². The molecule has 2 unspecified atom stereocenters. The Hall–Kier alpha value is -1.22. The van der Waals surface area contributed by atoms with E-state index in [0.717, 1.165) is 30.5 Å². The molecular formula is C17H25NO2. The zero-order valence-electron chi connectivity index (χ0n) is 12.6. The Morgan fingerprint density at radius 2 is 2.05 bits per heavy atom. The van der Waals surface area contributed by atoms with E-state index in [9.17, 15) is 0 Å². The Morgan fingerprint density at radius 3 is 2.70 bits per heavy atom. The van der Waals surface area contributed by atoms with E-state index in [0.29, 0.717) is 13.2 Å². The first kappa shape index (κ1) is 13.7. The minimum atomic E-state index is 0.283. The van der Waals surface area contributed by atoms with Gasteiger partial charge in [-0.05, 0) is 49.4 Å². The fourth-order valence-electron chi connectivity index (χ4n) is 3.42. The smallest absolute Gasteiger partial charge is 0.161 e. The molecule has 2 atom stereocenters. The molecular weight excluding hydrogens is 250 g/mol. The van der Waals surface area contributed by atoms with Crippen LogP contribution in [0, 0.1) is 5.92 Å². The molecule has 0 radical (unpaired) electrons. The van der Waals surface area contributed by atoms with Crippen LogP contribution in [0.5, 0.6) is 11.5 Å². The lowest BCUT2D eigenvalue weighted by atomic mass is 9.57. The van der Waals surface area contributed by atoms with E-state index in [2.05, 4.69) is 37.4 Å². The van der Waals surface area contributed by atoms with Gasteiger partial charge in [0, 0.05) is 12.0 Å². The van der Waals surface area contributed by atoms with Crippen LogP contribution in [0.1, 0.15) is 38.7 Å². The first-order chi connectivity index (χ1) is 9.76. The van der Waals surface area contributed by atoms with Crippen molar-refractivity contribution in [3.63, 3.8) is 0 Å². The Kier molecular flexibility index (Phi) is 3.88. The molecule has 0 amide bonds. The molecule has 1 aliphatic carbocycles. The first-order valence-corrected chi connectivity index (χ1v) is 7.87. The van der Waals surface area contributed by atoms with Crippen LogP contribution in [0.3, 0.4) is 0 Å². The van der Waals surface area contributed by atoms with Gasteiger partial charge in [-0.25, -0.2) is 0 Å². The van der Waals surface area contributed by atoms with E-state index in [1.54, 1.807) is 0 Å². The first-order valence-electron chi connectivity index (χ1n) is 7.87. The second-order valence-corrected chi connectivity index (χ2v) is 6.13. The van der Waals surface area contributed by atoms with Gasteiger partial charge in [-0.2, -0.15) is 0 Å². The summed E-state index contributed by atoms with van der Waals surface area (Å²) in [6, 6.07) is 6.52. The molecule has 1 fully saturated rings. The van der Waals surface area contributed by atoms with Crippen molar-refractivity contribution in [2.24, 2.45) is 5.92 Å². The monoisotopic (exact) mass is 275 g/mol. The van der Waals surface area contributed by atoms with Crippen molar-refractivity contribution < 1.29 is 9.47 Å². The van der Waals surface area contributed by atoms with Gasteiger partial charge in [-0.1, -0.05) is 19.9 Å². The van der Waals surface area contributed by atoms with E-state index in [1.807, 2.05) is 0 Å². The van der Waals surface area contributed by atoms with Gasteiger partial charge in [0.05, 0.1) is 0 Å². The lowest BCUT2D eigenvalue weighted by Gasteiger charge is -2.49. The zero-order chi connectivity index (χ0) is 14.0. The van der Waals surface area contributed by atoms with Crippen molar-refractivity contribution in [3.8, 4) is 11.5 Å². The van der Waals surface area contributed by atoms with Gasteiger partial charge >= 0.3 is 0 Å². The largest absolute Gasteiger partial charge is 0.486 e. The van der Waals surface area contributed by atoms with Crippen molar-refractivity contribution >= 4 is 0 Å². The molecule has 1 heterocycles. The number of ether oxygens (including phenoxy) is 2. The number of nitrogens with one attached hydrogen (secondary N) is 1. The minimum absolute atomic E-state index is 0.283. The quantitative estimate of drug-likeness (QED) is 0.838. The van der Waals surface area contributed by atoms with Crippen LogP contribution < -0.4 is 14.8 Å². The van der Waals surface area contributed by atoms with E-state index in [-0.39, 0.29) is 5.41 Å². The lowest BCUT2D eigenvalue weighted by Crippen LogP contribution is -2.50. The molecule has 0 spiro atoms. The summed E-state index contributed by atoms with van der Waals surface area (Å²) in [5.74, 6) is 2.54. The molecule has 3 heteroatoms. The highest BCUT2D eigenvalue weighted by molar-refractivity contribution is 5.47. The molecule has 1 aromatic rings. The maximum Gasteiger partial charge on any atom is 0.161 e. The van der Waals surface area contributed by atoms with E-state index in [1.165, 1.54) is 24.8 Å². The van der Waals surface area contributed by atoms with Gasteiger partial charge in [0.25, 0.3) is 0 Å². The van der Waals surface area contributed by atoms with Gasteiger partial charge < -0.3 is 14.8 Å².